The van der Waals surface area contributed by atoms with Gasteiger partial charge in [-0.2, -0.15) is 0 Å². The number of pyridine rings is 1. The molecule has 3 aromatic rings. The van der Waals surface area contributed by atoms with Gasteiger partial charge in [-0.05, 0) is 49.1 Å². The van der Waals surface area contributed by atoms with Crippen LogP contribution in [0.25, 0.3) is 11.1 Å². The highest BCUT2D eigenvalue weighted by molar-refractivity contribution is 6.07. The molecule has 0 saturated carbocycles. The number of anilines is 2. The van der Waals surface area contributed by atoms with E-state index in [-0.39, 0.29) is 30.9 Å². The number of aromatic nitrogens is 1. The molecule has 2 heterocycles. The fraction of sp³-hybridized carbons (Fsp3) is 0.280. The quantitative estimate of drug-likeness (QED) is 0.402. The second-order valence-electron chi connectivity index (χ2n) is 8.69. The summed E-state index contributed by atoms with van der Waals surface area (Å²) in [7, 11) is 0. The van der Waals surface area contributed by atoms with Crippen LogP contribution in [-0.4, -0.2) is 30.0 Å². The van der Waals surface area contributed by atoms with Crippen molar-refractivity contribution in [2.45, 2.75) is 26.3 Å². The summed E-state index contributed by atoms with van der Waals surface area (Å²) in [4.78, 5) is 19.2. The zero-order chi connectivity index (χ0) is 24.6. The molecule has 1 amide bonds. The van der Waals surface area contributed by atoms with Crippen molar-refractivity contribution in [2.75, 3.05) is 23.3 Å². The molecule has 1 fully saturated rings. The molecule has 1 saturated heterocycles. The predicted molar refractivity (Wildman–Crippen MR) is 137 cm³/mol. The molecule has 0 spiro atoms. The lowest BCUT2D eigenvalue weighted by atomic mass is 9.95. The molecule has 11 heteroatoms. The predicted octanol–water partition coefficient (Wildman–Crippen LogP) is 5.88. The Morgan fingerprint density at radius 2 is 1.64 bits per heavy atom. The second-order valence-corrected chi connectivity index (χ2v) is 8.69. The molecule has 3 N–H and O–H groups in total. The van der Waals surface area contributed by atoms with E-state index in [0.717, 1.165) is 42.3 Å². The first-order chi connectivity index (χ1) is 16.2. The molecule has 36 heavy (non-hydrogen) atoms. The van der Waals surface area contributed by atoms with Gasteiger partial charge in [0.15, 0.2) is 0 Å². The Morgan fingerprint density at radius 1 is 1.00 bits per heavy atom. The van der Waals surface area contributed by atoms with E-state index in [1.165, 1.54) is 6.20 Å². The summed E-state index contributed by atoms with van der Waals surface area (Å²) >= 11 is 0. The zero-order valence-corrected chi connectivity index (χ0v) is 21.2. The smallest absolute Gasteiger partial charge is 0.258 e. The number of hydrogen-bond acceptors (Lipinski definition) is 4. The van der Waals surface area contributed by atoms with Crippen molar-refractivity contribution in [1.29, 1.82) is 0 Å². The third kappa shape index (κ3) is 5.74. The van der Waals surface area contributed by atoms with Crippen LogP contribution in [0.2, 0.25) is 0 Å². The van der Waals surface area contributed by atoms with Crippen molar-refractivity contribution < 1.29 is 22.4 Å². The number of amides is 1. The normalized spacial score (nSPS) is 17.1. The highest BCUT2D eigenvalue weighted by atomic mass is 35.5. The van der Waals surface area contributed by atoms with Gasteiger partial charge in [0, 0.05) is 25.3 Å². The molecule has 194 valence electrons. The number of hydrogen-bond donors (Lipinski definition) is 2. The third-order valence-electron chi connectivity index (χ3n) is 5.91. The first-order valence-corrected chi connectivity index (χ1v) is 10.9. The molecule has 0 unspecified atom stereocenters. The topological polar surface area (TPSA) is 71.2 Å². The molecular weight excluding hydrogens is 519 g/mol. The van der Waals surface area contributed by atoms with Gasteiger partial charge in [0.05, 0.1) is 34.3 Å². The standard InChI is InChI=1S/C25H24F4N4O.2ClH/c1-13-8-15(30)12-33(11-13)24-14(2)9-31-10-20(24)32-25(34)16-6-7-19(28)22(23(16)29)21-17(26)4-3-5-18(21)27;;/h3-7,9-10,13,15H,8,11-12,30H2,1-2H3,(H,32,34);2*1H/t13-,15+;;/m1../s1. The Labute approximate surface area is 218 Å². The minimum Gasteiger partial charge on any atom is -0.368 e. The van der Waals surface area contributed by atoms with Crippen LogP contribution in [0, 0.1) is 36.1 Å². The number of halogens is 6. The Morgan fingerprint density at radius 3 is 2.28 bits per heavy atom. The van der Waals surface area contributed by atoms with Crippen molar-refractivity contribution in [3.8, 4) is 11.1 Å². The lowest BCUT2D eigenvalue weighted by molar-refractivity contribution is 0.102. The Balaban J connectivity index is 0.00000228. The van der Waals surface area contributed by atoms with E-state index in [1.807, 2.05) is 11.8 Å². The lowest BCUT2D eigenvalue weighted by Gasteiger charge is -2.38. The lowest BCUT2D eigenvalue weighted by Crippen LogP contribution is -2.47. The van der Waals surface area contributed by atoms with Gasteiger partial charge < -0.3 is 16.0 Å². The van der Waals surface area contributed by atoms with Crippen LogP contribution in [0.4, 0.5) is 28.9 Å². The Hall–Kier alpha value is -2.88. The number of rotatable bonds is 4. The molecule has 0 aliphatic carbocycles. The number of nitrogens with zero attached hydrogens (tertiary/aromatic N) is 2. The molecule has 1 aliphatic heterocycles. The summed E-state index contributed by atoms with van der Waals surface area (Å²) in [5.41, 5.74) is 5.62. The van der Waals surface area contributed by atoms with Crippen molar-refractivity contribution >= 4 is 42.1 Å². The summed E-state index contributed by atoms with van der Waals surface area (Å²) in [6, 6.07) is 4.55. The van der Waals surface area contributed by atoms with Gasteiger partial charge in [0.25, 0.3) is 5.91 Å². The number of benzene rings is 2. The molecule has 2 atom stereocenters. The Bertz CT molecular complexity index is 1230. The van der Waals surface area contributed by atoms with E-state index in [4.69, 9.17) is 5.73 Å². The third-order valence-corrected chi connectivity index (χ3v) is 5.91. The van der Waals surface area contributed by atoms with Crippen LogP contribution in [0.15, 0.2) is 42.7 Å². The molecule has 1 aliphatic rings. The van der Waals surface area contributed by atoms with Gasteiger partial charge in [-0.15, -0.1) is 24.8 Å². The maximum atomic E-state index is 15.3. The van der Waals surface area contributed by atoms with E-state index in [9.17, 15) is 18.0 Å². The average Bonchev–Trinajstić information content (AvgIpc) is 2.75. The van der Waals surface area contributed by atoms with E-state index in [1.54, 1.807) is 6.20 Å². The van der Waals surface area contributed by atoms with Crippen LogP contribution < -0.4 is 16.0 Å². The zero-order valence-electron chi connectivity index (χ0n) is 19.5. The number of carbonyl (C=O) groups is 1. The van der Waals surface area contributed by atoms with Crippen molar-refractivity contribution in [1.82, 2.24) is 4.98 Å². The van der Waals surface area contributed by atoms with Crippen LogP contribution in [0.1, 0.15) is 29.3 Å². The van der Waals surface area contributed by atoms with E-state index >= 15 is 4.39 Å². The summed E-state index contributed by atoms with van der Waals surface area (Å²) < 4.78 is 58.2. The molecule has 0 bridgehead atoms. The van der Waals surface area contributed by atoms with Gasteiger partial charge in [-0.1, -0.05) is 13.0 Å². The van der Waals surface area contributed by atoms with E-state index < -0.39 is 45.9 Å². The van der Waals surface area contributed by atoms with Crippen LogP contribution in [0.3, 0.4) is 0 Å². The van der Waals surface area contributed by atoms with Gasteiger partial charge in [0.2, 0.25) is 0 Å². The van der Waals surface area contributed by atoms with Crippen LogP contribution in [-0.2, 0) is 0 Å². The summed E-state index contributed by atoms with van der Waals surface area (Å²) in [5, 5.41) is 2.63. The minimum atomic E-state index is -1.36. The summed E-state index contributed by atoms with van der Waals surface area (Å²) in [6.07, 6.45) is 3.95. The van der Waals surface area contributed by atoms with E-state index in [0.29, 0.717) is 30.4 Å². The fourth-order valence-corrected chi connectivity index (χ4v) is 4.54. The molecule has 4 rings (SSSR count). The molecule has 0 radical (unpaired) electrons. The number of carbonyl (C=O) groups excluding carboxylic acids is 1. The van der Waals surface area contributed by atoms with Gasteiger partial charge >= 0.3 is 0 Å². The van der Waals surface area contributed by atoms with Gasteiger partial charge in [-0.25, -0.2) is 17.6 Å². The van der Waals surface area contributed by atoms with Gasteiger partial charge in [0.1, 0.15) is 23.3 Å². The highest BCUT2D eigenvalue weighted by Gasteiger charge is 2.28. The fourth-order valence-electron chi connectivity index (χ4n) is 4.54. The van der Waals surface area contributed by atoms with Crippen LogP contribution >= 0.6 is 24.8 Å². The molecular formula is C25H26Cl2F4N4O. The Kier molecular flexibility index (Phi) is 9.70. The van der Waals surface area contributed by atoms with E-state index in [2.05, 4.69) is 17.2 Å². The summed E-state index contributed by atoms with van der Waals surface area (Å²) in [5.74, 6) is -5.41. The largest absolute Gasteiger partial charge is 0.368 e. The number of nitrogens with one attached hydrogen (secondary N) is 1. The maximum Gasteiger partial charge on any atom is 0.258 e. The number of piperidine rings is 1. The average molecular weight is 545 g/mol. The second kappa shape index (κ2) is 11.9. The minimum absolute atomic E-state index is 0. The van der Waals surface area contributed by atoms with Gasteiger partial charge in [-0.3, -0.25) is 9.78 Å². The van der Waals surface area contributed by atoms with Crippen molar-refractivity contribution in [3.05, 3.63) is 77.1 Å². The first-order valence-electron chi connectivity index (χ1n) is 10.9. The monoisotopic (exact) mass is 544 g/mol. The number of nitrogens with two attached hydrogens (primary N) is 1. The molecule has 5 nitrogen and oxygen atoms in total. The van der Waals surface area contributed by atoms with Crippen molar-refractivity contribution in [2.24, 2.45) is 11.7 Å². The maximum absolute atomic E-state index is 15.3. The SMILES string of the molecule is Cc1cncc(NC(=O)c2ccc(F)c(-c3c(F)cccc3F)c2F)c1N1C[C@H](C)C[C@H](N)C1.Cl.Cl. The van der Waals surface area contributed by atoms with Crippen LogP contribution in [0.5, 0.6) is 0 Å². The first kappa shape index (κ1) is 29.4. The molecule has 1 aromatic heterocycles. The summed E-state index contributed by atoms with van der Waals surface area (Å²) in [6.45, 7) is 5.20. The number of aryl methyl sites for hydroxylation is 1. The highest BCUT2D eigenvalue weighted by Crippen LogP contribution is 2.35. The molecule has 2 aromatic carbocycles. The van der Waals surface area contributed by atoms with Crippen molar-refractivity contribution in [3.63, 3.8) is 0 Å².